The van der Waals surface area contributed by atoms with Gasteiger partial charge in [0.15, 0.2) is 5.82 Å². The van der Waals surface area contributed by atoms with Crippen molar-refractivity contribution in [3.05, 3.63) is 41.2 Å². The van der Waals surface area contributed by atoms with E-state index in [1.54, 1.807) is 0 Å². The van der Waals surface area contributed by atoms with Gasteiger partial charge in [-0.1, -0.05) is 5.21 Å². The number of carbonyl (C=O) groups excluding carboxylic acids is 1. The van der Waals surface area contributed by atoms with Gasteiger partial charge in [-0.3, -0.25) is 4.79 Å². The third-order valence-electron chi connectivity index (χ3n) is 1.97. The zero-order valence-corrected chi connectivity index (χ0v) is 8.44. The molecule has 2 N–H and O–H groups in total. The van der Waals surface area contributed by atoms with Crippen LogP contribution in [-0.2, 0) is 6.54 Å². The zero-order valence-electron chi connectivity index (χ0n) is 8.44. The van der Waals surface area contributed by atoms with Gasteiger partial charge in [-0.25, -0.2) is 8.78 Å². The van der Waals surface area contributed by atoms with Crippen LogP contribution < -0.4 is 5.32 Å². The normalized spacial score (nSPS) is 10.2. The molecule has 0 spiro atoms. The van der Waals surface area contributed by atoms with Crippen LogP contribution in [0.1, 0.15) is 16.2 Å². The summed E-state index contributed by atoms with van der Waals surface area (Å²) in [6.07, 6.45) is 0. The van der Waals surface area contributed by atoms with Gasteiger partial charge in [0.25, 0.3) is 5.91 Å². The number of benzene rings is 1. The third kappa shape index (κ3) is 2.60. The van der Waals surface area contributed by atoms with Crippen LogP contribution in [0.5, 0.6) is 0 Å². The minimum absolute atomic E-state index is 0.00610. The lowest BCUT2D eigenvalue weighted by Crippen LogP contribution is -2.24. The van der Waals surface area contributed by atoms with E-state index in [0.717, 1.165) is 12.1 Å². The van der Waals surface area contributed by atoms with Crippen LogP contribution in [0.2, 0.25) is 0 Å². The Bertz CT molecular complexity index is 528. The van der Waals surface area contributed by atoms with E-state index in [9.17, 15) is 13.6 Å². The van der Waals surface area contributed by atoms with Gasteiger partial charge in [-0.2, -0.15) is 5.21 Å². The number of nitrogens with zero attached hydrogens (tertiary/aromatic N) is 3. The first kappa shape index (κ1) is 11.1. The molecular formula is C9H7F2N5O. The van der Waals surface area contributed by atoms with Gasteiger partial charge in [0.2, 0.25) is 0 Å². The number of halogens is 2. The SMILES string of the molecule is O=C(NCc1nn[nH]n1)c1ccc(F)cc1F. The molecule has 8 heteroatoms. The van der Waals surface area contributed by atoms with E-state index in [1.165, 1.54) is 0 Å². The Kier molecular flexibility index (Phi) is 3.03. The number of hydrogen-bond donors (Lipinski definition) is 2. The van der Waals surface area contributed by atoms with Crippen LogP contribution in [0.25, 0.3) is 0 Å². The average Bonchev–Trinajstić information content (AvgIpc) is 2.78. The van der Waals surface area contributed by atoms with Crippen LogP contribution in [0, 0.1) is 11.6 Å². The predicted octanol–water partition coefficient (Wildman–Crippen LogP) is 0.408. The molecule has 0 saturated heterocycles. The van der Waals surface area contributed by atoms with E-state index in [1.807, 2.05) is 0 Å². The van der Waals surface area contributed by atoms with Crippen LogP contribution >= 0.6 is 0 Å². The van der Waals surface area contributed by atoms with Gasteiger partial charge in [0.1, 0.15) is 11.6 Å². The van der Waals surface area contributed by atoms with Crippen molar-refractivity contribution in [2.75, 3.05) is 0 Å². The molecule has 88 valence electrons. The summed E-state index contributed by atoms with van der Waals surface area (Å²) in [6, 6.07) is 2.71. The molecule has 0 aliphatic rings. The van der Waals surface area contributed by atoms with Gasteiger partial charge in [0, 0.05) is 6.07 Å². The zero-order chi connectivity index (χ0) is 12.3. The number of rotatable bonds is 3. The summed E-state index contributed by atoms with van der Waals surface area (Å²) in [6.45, 7) is 0.00610. The first-order valence-corrected chi connectivity index (χ1v) is 4.62. The summed E-state index contributed by atoms with van der Waals surface area (Å²) in [5.74, 6) is -2.07. The van der Waals surface area contributed by atoms with E-state index in [0.29, 0.717) is 6.07 Å². The van der Waals surface area contributed by atoms with Crippen LogP contribution in [0.15, 0.2) is 18.2 Å². The smallest absolute Gasteiger partial charge is 0.254 e. The lowest BCUT2D eigenvalue weighted by Gasteiger charge is -2.03. The van der Waals surface area contributed by atoms with Crippen molar-refractivity contribution < 1.29 is 13.6 Å². The van der Waals surface area contributed by atoms with Gasteiger partial charge < -0.3 is 5.32 Å². The second-order valence-electron chi connectivity index (χ2n) is 3.13. The van der Waals surface area contributed by atoms with Crippen molar-refractivity contribution in [3.8, 4) is 0 Å². The van der Waals surface area contributed by atoms with Crippen molar-refractivity contribution in [1.29, 1.82) is 0 Å². The van der Waals surface area contributed by atoms with Crippen molar-refractivity contribution >= 4 is 5.91 Å². The Morgan fingerprint density at radius 3 is 2.88 bits per heavy atom. The second kappa shape index (κ2) is 4.64. The molecule has 1 amide bonds. The maximum Gasteiger partial charge on any atom is 0.254 e. The Labute approximate surface area is 94.0 Å². The van der Waals surface area contributed by atoms with Crippen molar-refractivity contribution in [1.82, 2.24) is 25.9 Å². The number of tetrazole rings is 1. The van der Waals surface area contributed by atoms with Gasteiger partial charge in [-0.15, -0.1) is 10.2 Å². The summed E-state index contributed by atoms with van der Waals surface area (Å²) < 4.78 is 25.8. The topological polar surface area (TPSA) is 83.6 Å². The fourth-order valence-electron chi connectivity index (χ4n) is 1.19. The number of hydrogen-bond acceptors (Lipinski definition) is 4. The molecule has 0 aliphatic carbocycles. The van der Waals surface area contributed by atoms with E-state index >= 15 is 0 Å². The first-order valence-electron chi connectivity index (χ1n) is 4.62. The number of H-pyrrole nitrogens is 1. The van der Waals surface area contributed by atoms with Gasteiger partial charge >= 0.3 is 0 Å². The Hall–Kier alpha value is -2.38. The monoisotopic (exact) mass is 239 g/mol. The summed E-state index contributed by atoms with van der Waals surface area (Å²) in [7, 11) is 0. The van der Waals surface area contributed by atoms with Gasteiger partial charge in [0.05, 0.1) is 12.1 Å². The minimum atomic E-state index is -0.921. The number of carbonyl (C=O) groups is 1. The molecule has 2 rings (SSSR count). The number of nitrogens with one attached hydrogen (secondary N) is 2. The Morgan fingerprint density at radius 2 is 2.24 bits per heavy atom. The highest BCUT2D eigenvalue weighted by Gasteiger charge is 2.12. The fraction of sp³-hybridized carbons (Fsp3) is 0.111. The molecule has 17 heavy (non-hydrogen) atoms. The molecule has 0 unspecified atom stereocenters. The third-order valence-corrected chi connectivity index (χ3v) is 1.97. The van der Waals surface area contributed by atoms with E-state index in [2.05, 4.69) is 25.9 Å². The largest absolute Gasteiger partial charge is 0.344 e. The molecular weight excluding hydrogens is 232 g/mol. The maximum atomic E-state index is 13.2. The molecule has 1 aromatic carbocycles. The molecule has 6 nitrogen and oxygen atoms in total. The van der Waals surface area contributed by atoms with Crippen LogP contribution in [0.3, 0.4) is 0 Å². The highest BCUT2D eigenvalue weighted by molar-refractivity contribution is 5.94. The van der Waals surface area contributed by atoms with Crippen LogP contribution in [0.4, 0.5) is 8.78 Å². The standard InChI is InChI=1S/C9H7F2N5O/c10-5-1-2-6(7(11)3-5)9(17)12-4-8-13-15-16-14-8/h1-3H,4H2,(H,12,17)(H,13,14,15,16). The molecule has 0 fully saturated rings. The summed E-state index contributed by atoms with van der Waals surface area (Å²) in [4.78, 5) is 11.5. The van der Waals surface area contributed by atoms with Crippen LogP contribution in [-0.4, -0.2) is 26.5 Å². The molecule has 0 saturated carbocycles. The quantitative estimate of drug-likeness (QED) is 0.812. The Morgan fingerprint density at radius 1 is 1.41 bits per heavy atom. The molecule has 1 aromatic heterocycles. The van der Waals surface area contributed by atoms with E-state index in [-0.39, 0.29) is 17.9 Å². The first-order chi connectivity index (χ1) is 8.16. The van der Waals surface area contributed by atoms with Crippen molar-refractivity contribution in [3.63, 3.8) is 0 Å². The number of aromatic nitrogens is 4. The maximum absolute atomic E-state index is 13.2. The van der Waals surface area contributed by atoms with E-state index in [4.69, 9.17) is 0 Å². The predicted molar refractivity (Wildman–Crippen MR) is 51.7 cm³/mol. The Balaban J connectivity index is 2.04. The molecule has 2 aromatic rings. The summed E-state index contributed by atoms with van der Waals surface area (Å²) >= 11 is 0. The molecule has 1 heterocycles. The molecule has 0 aliphatic heterocycles. The molecule has 0 radical (unpaired) electrons. The number of aromatic amines is 1. The summed E-state index contributed by atoms with van der Waals surface area (Å²) in [5, 5.41) is 15.1. The van der Waals surface area contributed by atoms with E-state index < -0.39 is 17.5 Å². The molecule has 0 atom stereocenters. The van der Waals surface area contributed by atoms with Crippen molar-refractivity contribution in [2.24, 2.45) is 0 Å². The highest BCUT2D eigenvalue weighted by atomic mass is 19.1. The lowest BCUT2D eigenvalue weighted by atomic mass is 10.2. The lowest BCUT2D eigenvalue weighted by molar-refractivity contribution is 0.0946. The van der Waals surface area contributed by atoms with Gasteiger partial charge in [-0.05, 0) is 12.1 Å². The molecule has 0 bridgehead atoms. The summed E-state index contributed by atoms with van der Waals surface area (Å²) in [5.41, 5.74) is -0.241. The highest BCUT2D eigenvalue weighted by Crippen LogP contribution is 2.09. The fourth-order valence-corrected chi connectivity index (χ4v) is 1.19. The second-order valence-corrected chi connectivity index (χ2v) is 3.13. The van der Waals surface area contributed by atoms with Crippen molar-refractivity contribution in [2.45, 2.75) is 6.54 Å². The number of amides is 1. The average molecular weight is 239 g/mol. The minimum Gasteiger partial charge on any atom is -0.344 e.